The molecule has 1 heterocycles. The van der Waals surface area contributed by atoms with E-state index in [-0.39, 0.29) is 0 Å². The van der Waals surface area contributed by atoms with E-state index in [0.29, 0.717) is 12.0 Å². The van der Waals surface area contributed by atoms with Gasteiger partial charge in [0.05, 0.1) is 0 Å². The number of aryl methyl sites for hydroxylation is 2. The van der Waals surface area contributed by atoms with Crippen molar-refractivity contribution in [2.75, 3.05) is 11.4 Å². The van der Waals surface area contributed by atoms with Gasteiger partial charge in [-0.05, 0) is 58.1 Å². The van der Waals surface area contributed by atoms with Crippen molar-refractivity contribution in [1.29, 1.82) is 0 Å². The minimum absolute atomic E-state index is 0.473. The fourth-order valence-electron chi connectivity index (χ4n) is 2.77. The summed E-state index contributed by atoms with van der Waals surface area (Å²) >= 11 is 0. The molecule has 21 heavy (non-hydrogen) atoms. The third-order valence-electron chi connectivity index (χ3n) is 4.06. The summed E-state index contributed by atoms with van der Waals surface area (Å²) < 4.78 is 0. The van der Waals surface area contributed by atoms with Crippen molar-refractivity contribution in [2.24, 2.45) is 5.92 Å². The van der Waals surface area contributed by atoms with Crippen molar-refractivity contribution in [1.82, 2.24) is 10.3 Å². The monoisotopic (exact) mass is 289 g/mol. The highest BCUT2D eigenvalue weighted by molar-refractivity contribution is 5.52. The Balaban J connectivity index is 2.32. The van der Waals surface area contributed by atoms with Gasteiger partial charge in [-0.15, -0.1) is 0 Å². The molecule has 0 spiro atoms. The molecule has 3 heteroatoms. The average molecular weight is 289 g/mol. The van der Waals surface area contributed by atoms with Crippen LogP contribution in [0.3, 0.4) is 0 Å². The van der Waals surface area contributed by atoms with E-state index >= 15 is 0 Å². The topological polar surface area (TPSA) is 28.2 Å². The van der Waals surface area contributed by atoms with Crippen LogP contribution in [0.4, 0.5) is 5.82 Å². The van der Waals surface area contributed by atoms with Gasteiger partial charge in [0.25, 0.3) is 0 Å². The van der Waals surface area contributed by atoms with Gasteiger partial charge in [0.15, 0.2) is 0 Å². The first kappa shape index (κ1) is 16.3. The molecule has 0 unspecified atom stereocenters. The van der Waals surface area contributed by atoms with Crippen LogP contribution >= 0.6 is 0 Å². The first-order valence-corrected chi connectivity index (χ1v) is 8.35. The van der Waals surface area contributed by atoms with Gasteiger partial charge in [0.2, 0.25) is 0 Å². The zero-order valence-electron chi connectivity index (χ0n) is 14.5. The number of nitrogens with one attached hydrogen (secondary N) is 1. The van der Waals surface area contributed by atoms with Crippen LogP contribution in [-0.4, -0.2) is 23.6 Å². The number of pyridine rings is 1. The normalized spacial score (nSPS) is 15.0. The molecule has 0 aliphatic heterocycles. The summed E-state index contributed by atoms with van der Waals surface area (Å²) in [6.07, 6.45) is 2.65. The molecule has 1 N–H and O–H groups in total. The SMILES string of the molecule is Cc1cc(C)c(CNC2CC2)c(N(CC(C)C)C(C)C)n1. The minimum Gasteiger partial charge on any atom is -0.354 e. The molecule has 0 saturated heterocycles. The Bertz CT molecular complexity index is 476. The molecule has 3 nitrogen and oxygen atoms in total. The molecule has 1 aromatic rings. The Labute approximate surface area is 130 Å². The van der Waals surface area contributed by atoms with Gasteiger partial charge in [0.1, 0.15) is 5.82 Å². The molecular weight excluding hydrogens is 258 g/mol. The van der Waals surface area contributed by atoms with Gasteiger partial charge in [-0.1, -0.05) is 13.8 Å². The maximum atomic E-state index is 4.89. The molecule has 1 aromatic heterocycles. The molecule has 0 bridgehead atoms. The Morgan fingerprint density at radius 1 is 1.24 bits per heavy atom. The zero-order valence-corrected chi connectivity index (χ0v) is 14.5. The van der Waals surface area contributed by atoms with Gasteiger partial charge in [-0.2, -0.15) is 0 Å². The van der Waals surface area contributed by atoms with Crippen molar-refractivity contribution in [2.45, 2.75) is 73.0 Å². The van der Waals surface area contributed by atoms with Crippen LogP contribution in [0, 0.1) is 19.8 Å². The second kappa shape index (κ2) is 6.78. The highest BCUT2D eigenvalue weighted by Crippen LogP contribution is 2.27. The van der Waals surface area contributed by atoms with E-state index in [2.05, 4.69) is 57.8 Å². The largest absolute Gasteiger partial charge is 0.354 e. The summed E-state index contributed by atoms with van der Waals surface area (Å²) in [7, 11) is 0. The molecule has 118 valence electrons. The van der Waals surface area contributed by atoms with Crippen LogP contribution < -0.4 is 10.2 Å². The quantitative estimate of drug-likeness (QED) is 0.827. The van der Waals surface area contributed by atoms with E-state index in [0.717, 1.165) is 24.8 Å². The van der Waals surface area contributed by atoms with Crippen molar-refractivity contribution in [3.05, 3.63) is 22.9 Å². The third kappa shape index (κ3) is 4.44. The predicted octanol–water partition coefficient (Wildman–Crippen LogP) is 3.82. The maximum Gasteiger partial charge on any atom is 0.133 e. The molecule has 0 amide bonds. The summed E-state index contributed by atoms with van der Waals surface area (Å²) in [6, 6.07) is 3.42. The van der Waals surface area contributed by atoms with E-state index in [1.807, 2.05) is 0 Å². The van der Waals surface area contributed by atoms with Crippen molar-refractivity contribution in [3.63, 3.8) is 0 Å². The smallest absolute Gasteiger partial charge is 0.133 e. The Hall–Kier alpha value is -1.09. The molecule has 1 aliphatic rings. The summed E-state index contributed by atoms with van der Waals surface area (Å²) in [5.41, 5.74) is 3.86. The lowest BCUT2D eigenvalue weighted by Crippen LogP contribution is -2.36. The first-order chi connectivity index (χ1) is 9.88. The average Bonchev–Trinajstić information content (AvgIpc) is 3.17. The summed E-state index contributed by atoms with van der Waals surface area (Å²) in [4.78, 5) is 7.36. The molecule has 0 atom stereocenters. The zero-order chi connectivity index (χ0) is 15.6. The van der Waals surface area contributed by atoms with Gasteiger partial charge >= 0.3 is 0 Å². The fraction of sp³-hybridized carbons (Fsp3) is 0.722. The van der Waals surface area contributed by atoms with Crippen LogP contribution in [-0.2, 0) is 6.54 Å². The standard InChI is InChI=1S/C18H31N3/c1-12(2)11-21(13(3)4)18-17(10-19-16-7-8-16)14(5)9-15(6)20-18/h9,12-13,16,19H,7-8,10-11H2,1-6H3. The lowest BCUT2D eigenvalue weighted by atomic mass is 10.1. The minimum atomic E-state index is 0.473. The third-order valence-corrected chi connectivity index (χ3v) is 4.06. The number of rotatable bonds is 7. The highest BCUT2D eigenvalue weighted by atomic mass is 15.2. The van der Waals surface area contributed by atoms with Crippen LogP contribution in [0.15, 0.2) is 6.07 Å². The summed E-state index contributed by atoms with van der Waals surface area (Å²) in [6.45, 7) is 15.4. The highest BCUT2D eigenvalue weighted by Gasteiger charge is 2.23. The Kier molecular flexibility index (Phi) is 5.26. The van der Waals surface area contributed by atoms with Crippen LogP contribution in [0.5, 0.6) is 0 Å². The number of aromatic nitrogens is 1. The van der Waals surface area contributed by atoms with Crippen molar-refractivity contribution >= 4 is 5.82 Å². The van der Waals surface area contributed by atoms with E-state index in [1.54, 1.807) is 0 Å². The molecule has 1 saturated carbocycles. The number of nitrogens with zero attached hydrogens (tertiary/aromatic N) is 2. The maximum absolute atomic E-state index is 4.89. The molecular formula is C18H31N3. The Morgan fingerprint density at radius 3 is 2.43 bits per heavy atom. The second-order valence-electron chi connectivity index (χ2n) is 7.18. The molecule has 2 rings (SSSR count). The lowest BCUT2D eigenvalue weighted by Gasteiger charge is -2.32. The van der Waals surface area contributed by atoms with Gasteiger partial charge in [0, 0.05) is 36.4 Å². The van der Waals surface area contributed by atoms with E-state index < -0.39 is 0 Å². The van der Waals surface area contributed by atoms with E-state index in [4.69, 9.17) is 4.98 Å². The number of hydrogen-bond acceptors (Lipinski definition) is 3. The van der Waals surface area contributed by atoms with Crippen molar-refractivity contribution in [3.8, 4) is 0 Å². The lowest BCUT2D eigenvalue weighted by molar-refractivity contribution is 0.560. The van der Waals surface area contributed by atoms with Crippen LogP contribution in [0.1, 0.15) is 57.4 Å². The predicted molar refractivity (Wildman–Crippen MR) is 90.9 cm³/mol. The van der Waals surface area contributed by atoms with E-state index in [1.165, 1.54) is 29.8 Å². The first-order valence-electron chi connectivity index (χ1n) is 8.35. The molecule has 0 aromatic carbocycles. The summed E-state index contributed by atoms with van der Waals surface area (Å²) in [5, 5.41) is 3.65. The van der Waals surface area contributed by atoms with Gasteiger partial charge in [-0.25, -0.2) is 4.98 Å². The number of hydrogen-bond donors (Lipinski definition) is 1. The summed E-state index contributed by atoms with van der Waals surface area (Å²) in [5.74, 6) is 1.82. The van der Waals surface area contributed by atoms with Crippen LogP contribution in [0.2, 0.25) is 0 Å². The van der Waals surface area contributed by atoms with Gasteiger partial charge in [-0.3, -0.25) is 0 Å². The van der Waals surface area contributed by atoms with Gasteiger partial charge < -0.3 is 10.2 Å². The molecule has 0 radical (unpaired) electrons. The Morgan fingerprint density at radius 2 is 1.90 bits per heavy atom. The van der Waals surface area contributed by atoms with Crippen LogP contribution in [0.25, 0.3) is 0 Å². The number of anilines is 1. The van der Waals surface area contributed by atoms with Crippen molar-refractivity contribution < 1.29 is 0 Å². The fourth-order valence-corrected chi connectivity index (χ4v) is 2.77. The molecule has 1 fully saturated rings. The van der Waals surface area contributed by atoms with E-state index in [9.17, 15) is 0 Å². The molecule has 1 aliphatic carbocycles. The second-order valence-corrected chi connectivity index (χ2v) is 7.18.